The van der Waals surface area contributed by atoms with Crippen molar-refractivity contribution in [3.8, 4) is 12.3 Å². The van der Waals surface area contributed by atoms with Gasteiger partial charge in [0.2, 0.25) is 0 Å². The summed E-state index contributed by atoms with van der Waals surface area (Å²) < 4.78 is 5.22. The van der Waals surface area contributed by atoms with E-state index in [2.05, 4.69) is 25.0 Å². The van der Waals surface area contributed by atoms with Crippen LogP contribution in [0.25, 0.3) is 0 Å². The zero-order valence-electron chi connectivity index (χ0n) is 11.3. The second-order valence-electron chi connectivity index (χ2n) is 5.95. The van der Waals surface area contributed by atoms with Crippen LogP contribution in [0.15, 0.2) is 12.2 Å². The minimum atomic E-state index is -0.185. The Morgan fingerprint density at radius 1 is 1.61 bits per heavy atom. The van der Waals surface area contributed by atoms with Gasteiger partial charge < -0.3 is 4.74 Å². The average molecular weight is 246 g/mol. The molecule has 1 saturated carbocycles. The predicted molar refractivity (Wildman–Crippen MR) is 71.7 cm³/mol. The number of terminal acetylenes is 1. The molecule has 0 aromatic carbocycles. The molecule has 0 aromatic heterocycles. The Kier molecular flexibility index (Phi) is 3.80. The zero-order valence-corrected chi connectivity index (χ0v) is 11.3. The number of carbonyl (C=O) groups is 1. The standard InChI is InChI=1S/C16H22O2/c1-4-13-7-9-16(3)8-5-6-14(15(16)10-13)11-18-12(2)17/h1,5,8,13-15H,6-7,9-11H2,2-3H3. The summed E-state index contributed by atoms with van der Waals surface area (Å²) in [6, 6.07) is 0. The Bertz CT molecular complexity index is 390. The molecule has 0 amide bonds. The molecule has 0 N–H and O–H groups in total. The summed E-state index contributed by atoms with van der Waals surface area (Å²) in [5, 5.41) is 0. The highest BCUT2D eigenvalue weighted by atomic mass is 16.5. The van der Waals surface area contributed by atoms with Crippen molar-refractivity contribution in [3.05, 3.63) is 12.2 Å². The first-order valence-electron chi connectivity index (χ1n) is 6.82. The summed E-state index contributed by atoms with van der Waals surface area (Å²) >= 11 is 0. The summed E-state index contributed by atoms with van der Waals surface area (Å²) in [5.74, 6) is 4.10. The number of esters is 1. The SMILES string of the molecule is C#CC1CCC2(C)C=CCC(COC(C)=O)C2C1. The number of hydrogen-bond donors (Lipinski definition) is 0. The first-order valence-corrected chi connectivity index (χ1v) is 6.82. The third-order valence-corrected chi connectivity index (χ3v) is 4.66. The first kappa shape index (κ1) is 13.2. The lowest BCUT2D eigenvalue weighted by atomic mass is 9.57. The molecule has 1 fully saturated rings. The van der Waals surface area contributed by atoms with Crippen molar-refractivity contribution < 1.29 is 9.53 Å². The lowest BCUT2D eigenvalue weighted by Crippen LogP contribution is -2.41. The maximum absolute atomic E-state index is 11.0. The topological polar surface area (TPSA) is 26.3 Å². The number of hydrogen-bond acceptors (Lipinski definition) is 2. The Hall–Kier alpha value is -1.23. The van der Waals surface area contributed by atoms with Crippen LogP contribution in [0.1, 0.15) is 39.5 Å². The Morgan fingerprint density at radius 3 is 3.06 bits per heavy atom. The summed E-state index contributed by atoms with van der Waals surface area (Å²) in [4.78, 5) is 11.0. The van der Waals surface area contributed by atoms with Crippen LogP contribution in [0, 0.1) is 35.5 Å². The van der Waals surface area contributed by atoms with Crippen molar-refractivity contribution in [2.24, 2.45) is 23.2 Å². The highest BCUT2D eigenvalue weighted by Crippen LogP contribution is 2.51. The minimum Gasteiger partial charge on any atom is -0.466 e. The van der Waals surface area contributed by atoms with Crippen molar-refractivity contribution in [1.82, 2.24) is 0 Å². The summed E-state index contributed by atoms with van der Waals surface area (Å²) in [6.45, 7) is 4.33. The highest BCUT2D eigenvalue weighted by molar-refractivity contribution is 5.65. The van der Waals surface area contributed by atoms with Gasteiger partial charge in [-0.15, -0.1) is 12.3 Å². The summed E-state index contributed by atoms with van der Waals surface area (Å²) in [7, 11) is 0. The lowest BCUT2D eigenvalue weighted by Gasteiger charge is -2.47. The molecule has 0 aliphatic heterocycles. The van der Waals surface area contributed by atoms with E-state index in [1.807, 2.05) is 0 Å². The molecule has 0 spiro atoms. The number of carbonyl (C=O) groups excluding carboxylic acids is 1. The van der Waals surface area contributed by atoms with E-state index in [-0.39, 0.29) is 11.4 Å². The molecule has 0 bridgehead atoms. The smallest absolute Gasteiger partial charge is 0.302 e. The molecular formula is C16H22O2. The van der Waals surface area contributed by atoms with E-state index < -0.39 is 0 Å². The van der Waals surface area contributed by atoms with E-state index in [0.29, 0.717) is 24.4 Å². The molecule has 0 radical (unpaired) electrons. The quantitative estimate of drug-likeness (QED) is 0.425. The van der Waals surface area contributed by atoms with E-state index in [9.17, 15) is 4.79 Å². The number of fused-ring (bicyclic) bond motifs is 1. The molecule has 2 aliphatic carbocycles. The van der Waals surface area contributed by atoms with Gasteiger partial charge in [-0.1, -0.05) is 19.1 Å². The third kappa shape index (κ3) is 2.61. The molecule has 4 unspecified atom stereocenters. The molecule has 98 valence electrons. The molecule has 2 rings (SSSR count). The summed E-state index contributed by atoms with van der Waals surface area (Å²) in [5.41, 5.74) is 0.246. The van der Waals surface area contributed by atoms with Gasteiger partial charge in [0.25, 0.3) is 0 Å². The van der Waals surface area contributed by atoms with Gasteiger partial charge in [-0.05, 0) is 37.0 Å². The van der Waals surface area contributed by atoms with Gasteiger partial charge in [0.15, 0.2) is 0 Å². The van der Waals surface area contributed by atoms with Crippen molar-refractivity contribution >= 4 is 5.97 Å². The van der Waals surface area contributed by atoms with Gasteiger partial charge in [0, 0.05) is 18.8 Å². The van der Waals surface area contributed by atoms with Crippen molar-refractivity contribution in [1.29, 1.82) is 0 Å². The first-order chi connectivity index (χ1) is 8.55. The molecule has 2 nitrogen and oxygen atoms in total. The average Bonchev–Trinajstić information content (AvgIpc) is 2.35. The number of ether oxygens (including phenoxy) is 1. The fraction of sp³-hybridized carbons (Fsp3) is 0.688. The second-order valence-corrected chi connectivity index (χ2v) is 5.95. The van der Waals surface area contributed by atoms with Gasteiger partial charge in [-0.25, -0.2) is 0 Å². The molecular weight excluding hydrogens is 224 g/mol. The molecule has 0 saturated heterocycles. The van der Waals surface area contributed by atoms with Crippen LogP contribution in [-0.2, 0) is 9.53 Å². The molecule has 18 heavy (non-hydrogen) atoms. The van der Waals surface area contributed by atoms with E-state index in [4.69, 9.17) is 11.2 Å². The summed E-state index contributed by atoms with van der Waals surface area (Å²) in [6.07, 6.45) is 14.5. The fourth-order valence-corrected chi connectivity index (χ4v) is 3.54. The minimum absolute atomic E-state index is 0.185. The lowest BCUT2D eigenvalue weighted by molar-refractivity contribution is -0.143. The van der Waals surface area contributed by atoms with Crippen molar-refractivity contribution in [2.45, 2.75) is 39.5 Å². The third-order valence-electron chi connectivity index (χ3n) is 4.66. The maximum atomic E-state index is 11.0. The number of allylic oxidation sites excluding steroid dienone is 2. The normalized spacial score (nSPS) is 38.6. The largest absolute Gasteiger partial charge is 0.466 e. The fourth-order valence-electron chi connectivity index (χ4n) is 3.54. The van der Waals surface area contributed by atoms with Gasteiger partial charge in [0.05, 0.1) is 6.61 Å². The highest BCUT2D eigenvalue weighted by Gasteiger charge is 2.43. The van der Waals surface area contributed by atoms with E-state index >= 15 is 0 Å². The Balaban J connectivity index is 2.10. The van der Waals surface area contributed by atoms with Crippen LogP contribution in [0.4, 0.5) is 0 Å². The van der Waals surface area contributed by atoms with E-state index in [1.54, 1.807) is 0 Å². The zero-order chi connectivity index (χ0) is 13.2. The van der Waals surface area contributed by atoms with Crippen LogP contribution in [0.3, 0.4) is 0 Å². The van der Waals surface area contributed by atoms with Crippen LogP contribution >= 0.6 is 0 Å². The molecule has 2 aliphatic rings. The maximum Gasteiger partial charge on any atom is 0.302 e. The van der Waals surface area contributed by atoms with Crippen LogP contribution < -0.4 is 0 Å². The monoisotopic (exact) mass is 246 g/mol. The van der Waals surface area contributed by atoms with Crippen LogP contribution in [0.2, 0.25) is 0 Å². The van der Waals surface area contributed by atoms with Gasteiger partial charge in [-0.3, -0.25) is 4.79 Å². The van der Waals surface area contributed by atoms with Crippen LogP contribution in [-0.4, -0.2) is 12.6 Å². The molecule has 2 heteroatoms. The van der Waals surface area contributed by atoms with Gasteiger partial charge in [0.1, 0.15) is 0 Å². The van der Waals surface area contributed by atoms with Gasteiger partial charge >= 0.3 is 5.97 Å². The molecule has 0 heterocycles. The Labute approximate surface area is 110 Å². The molecule has 4 atom stereocenters. The van der Waals surface area contributed by atoms with E-state index in [0.717, 1.165) is 25.7 Å². The van der Waals surface area contributed by atoms with Crippen LogP contribution in [0.5, 0.6) is 0 Å². The van der Waals surface area contributed by atoms with Gasteiger partial charge in [-0.2, -0.15) is 0 Å². The molecule has 0 aromatic rings. The second kappa shape index (κ2) is 5.18. The predicted octanol–water partition coefficient (Wildman–Crippen LogP) is 3.18. The van der Waals surface area contributed by atoms with Crippen molar-refractivity contribution in [3.63, 3.8) is 0 Å². The van der Waals surface area contributed by atoms with E-state index in [1.165, 1.54) is 6.92 Å². The van der Waals surface area contributed by atoms with Crippen molar-refractivity contribution in [2.75, 3.05) is 6.61 Å². The number of rotatable bonds is 2. The Morgan fingerprint density at radius 2 is 2.39 bits per heavy atom.